The lowest BCUT2D eigenvalue weighted by Crippen LogP contribution is -2.31. The largest absolute Gasteiger partial charge is 0.493 e. The highest BCUT2D eigenvalue weighted by molar-refractivity contribution is 5.95. The van der Waals surface area contributed by atoms with Crippen LogP contribution in [0.2, 0.25) is 0 Å². The summed E-state index contributed by atoms with van der Waals surface area (Å²) < 4.78 is 12.8. The van der Waals surface area contributed by atoms with Gasteiger partial charge in [-0.25, -0.2) is 4.68 Å². The number of anilines is 1. The second-order valence-corrected chi connectivity index (χ2v) is 5.72. The molecule has 1 aromatic heterocycles. The van der Waals surface area contributed by atoms with E-state index in [1.165, 1.54) is 6.33 Å². The predicted molar refractivity (Wildman–Crippen MR) is 92.5 cm³/mol. The maximum atomic E-state index is 12.0. The first-order valence-corrected chi connectivity index (χ1v) is 8.04. The number of nitrogens with zero attached hydrogens (tertiary/aromatic N) is 3. The summed E-state index contributed by atoms with van der Waals surface area (Å²) in [6.45, 7) is 4.43. The zero-order chi connectivity index (χ0) is 18.0. The van der Waals surface area contributed by atoms with Gasteiger partial charge in [-0.1, -0.05) is 13.0 Å². The quantitative estimate of drug-likeness (QED) is 0.829. The van der Waals surface area contributed by atoms with Gasteiger partial charge >= 0.3 is 0 Å². The lowest BCUT2D eigenvalue weighted by Gasteiger charge is -2.28. The van der Waals surface area contributed by atoms with Crippen LogP contribution in [0, 0.1) is 0 Å². The van der Waals surface area contributed by atoms with Crippen LogP contribution >= 0.6 is 0 Å². The van der Waals surface area contributed by atoms with Crippen molar-refractivity contribution in [2.75, 3.05) is 19.0 Å². The van der Waals surface area contributed by atoms with E-state index in [9.17, 15) is 4.79 Å². The number of primary amides is 1. The zero-order valence-electron chi connectivity index (χ0n) is 14.4. The fourth-order valence-corrected chi connectivity index (χ4v) is 2.90. The van der Waals surface area contributed by atoms with Crippen molar-refractivity contribution in [1.29, 1.82) is 0 Å². The van der Waals surface area contributed by atoms with E-state index < -0.39 is 11.9 Å². The van der Waals surface area contributed by atoms with E-state index in [0.717, 1.165) is 12.0 Å². The van der Waals surface area contributed by atoms with Gasteiger partial charge in [-0.05, 0) is 31.0 Å². The van der Waals surface area contributed by atoms with E-state index in [1.807, 2.05) is 25.1 Å². The van der Waals surface area contributed by atoms with Gasteiger partial charge in [0.15, 0.2) is 11.5 Å². The number of aromatic nitrogens is 3. The van der Waals surface area contributed by atoms with E-state index in [2.05, 4.69) is 15.4 Å². The minimum absolute atomic E-state index is 0.433. The summed E-state index contributed by atoms with van der Waals surface area (Å²) in [5.74, 6) is 1.29. The molecule has 1 unspecified atom stereocenters. The monoisotopic (exact) mass is 343 g/mol. The van der Waals surface area contributed by atoms with Gasteiger partial charge in [-0.2, -0.15) is 10.1 Å². The Labute approximate surface area is 145 Å². The third-order valence-electron chi connectivity index (χ3n) is 4.02. The number of fused-ring (bicyclic) bond motifs is 1. The molecule has 1 aliphatic rings. The second kappa shape index (κ2) is 6.84. The second-order valence-electron chi connectivity index (χ2n) is 5.72. The van der Waals surface area contributed by atoms with Crippen molar-refractivity contribution in [2.45, 2.75) is 26.3 Å². The van der Waals surface area contributed by atoms with Crippen molar-refractivity contribution in [3.8, 4) is 11.5 Å². The number of nitrogens with two attached hydrogens (primary N) is 1. The van der Waals surface area contributed by atoms with Gasteiger partial charge in [0.05, 0.1) is 19.3 Å². The smallest absolute Gasteiger partial charge is 0.248 e. The molecule has 3 rings (SSSR count). The van der Waals surface area contributed by atoms with E-state index in [4.69, 9.17) is 15.2 Å². The molecule has 3 N–H and O–H groups in total. The van der Waals surface area contributed by atoms with E-state index >= 15 is 0 Å². The number of rotatable bonds is 6. The Hall–Kier alpha value is -3.03. The van der Waals surface area contributed by atoms with Crippen molar-refractivity contribution in [3.63, 3.8) is 0 Å². The highest BCUT2D eigenvalue weighted by atomic mass is 16.5. The van der Waals surface area contributed by atoms with Gasteiger partial charge in [0.25, 0.3) is 0 Å². The van der Waals surface area contributed by atoms with Crippen LogP contribution in [0.5, 0.6) is 11.5 Å². The highest BCUT2D eigenvalue weighted by Crippen LogP contribution is 2.38. The van der Waals surface area contributed by atoms with Crippen LogP contribution in [0.4, 0.5) is 5.95 Å². The molecule has 0 fully saturated rings. The number of allylic oxidation sites excluding steroid dienone is 1. The molecule has 0 saturated heterocycles. The molecule has 0 aliphatic carbocycles. The minimum atomic E-state index is -0.513. The highest BCUT2D eigenvalue weighted by Gasteiger charge is 2.32. The molecular formula is C17H21N5O3. The fourth-order valence-electron chi connectivity index (χ4n) is 2.90. The van der Waals surface area contributed by atoms with Crippen molar-refractivity contribution in [3.05, 3.63) is 41.4 Å². The Morgan fingerprint density at radius 1 is 1.40 bits per heavy atom. The SMILES string of the molecule is CCCOc1ccc(C2C(C(N)=O)=C(C)Nc3ncnn32)cc1OC. The lowest BCUT2D eigenvalue weighted by molar-refractivity contribution is -0.115. The molecule has 8 heteroatoms. The number of nitrogens with one attached hydrogen (secondary N) is 1. The summed E-state index contributed by atoms with van der Waals surface area (Å²) in [6, 6.07) is 5.06. The molecule has 8 nitrogen and oxygen atoms in total. The number of carbonyl (C=O) groups is 1. The van der Waals surface area contributed by atoms with Crippen LogP contribution < -0.4 is 20.5 Å². The summed E-state index contributed by atoms with van der Waals surface area (Å²) in [5, 5.41) is 7.29. The molecule has 0 radical (unpaired) electrons. The molecule has 1 atom stereocenters. The average Bonchev–Trinajstić information content (AvgIpc) is 3.06. The van der Waals surface area contributed by atoms with Gasteiger partial charge in [0.1, 0.15) is 12.4 Å². The summed E-state index contributed by atoms with van der Waals surface area (Å²) >= 11 is 0. The van der Waals surface area contributed by atoms with Crippen LogP contribution in [0.1, 0.15) is 31.9 Å². The van der Waals surface area contributed by atoms with Crippen molar-refractivity contribution in [2.24, 2.45) is 5.73 Å². The van der Waals surface area contributed by atoms with Gasteiger partial charge in [0, 0.05) is 5.70 Å². The summed E-state index contributed by atoms with van der Waals surface area (Å²) in [5.41, 5.74) is 7.52. The van der Waals surface area contributed by atoms with E-state index in [0.29, 0.717) is 35.3 Å². The number of benzene rings is 1. The minimum Gasteiger partial charge on any atom is -0.493 e. The van der Waals surface area contributed by atoms with E-state index in [-0.39, 0.29) is 0 Å². The van der Waals surface area contributed by atoms with Crippen molar-refractivity contribution in [1.82, 2.24) is 14.8 Å². The molecule has 0 spiro atoms. The molecule has 2 heterocycles. The van der Waals surface area contributed by atoms with E-state index in [1.54, 1.807) is 18.7 Å². The Kier molecular flexibility index (Phi) is 4.60. The van der Waals surface area contributed by atoms with Crippen molar-refractivity contribution < 1.29 is 14.3 Å². The Morgan fingerprint density at radius 2 is 2.20 bits per heavy atom. The van der Waals surface area contributed by atoms with Gasteiger partial charge in [-0.15, -0.1) is 0 Å². The van der Waals surface area contributed by atoms with Gasteiger partial charge in [-0.3, -0.25) is 4.79 Å². The van der Waals surface area contributed by atoms with Crippen LogP contribution in [-0.2, 0) is 4.79 Å². The summed E-state index contributed by atoms with van der Waals surface area (Å²) in [6.07, 6.45) is 2.33. The molecule has 2 aromatic rings. The molecule has 25 heavy (non-hydrogen) atoms. The number of carbonyl (C=O) groups excluding carboxylic acids is 1. The topological polar surface area (TPSA) is 104 Å². The first kappa shape index (κ1) is 16.8. The Balaban J connectivity index is 2.09. The molecule has 1 amide bonds. The van der Waals surface area contributed by atoms with Crippen LogP contribution in [0.15, 0.2) is 35.8 Å². The first-order chi connectivity index (χ1) is 12.1. The maximum Gasteiger partial charge on any atom is 0.248 e. The Morgan fingerprint density at radius 3 is 2.88 bits per heavy atom. The number of ether oxygens (including phenoxy) is 2. The summed E-state index contributed by atoms with van der Waals surface area (Å²) in [7, 11) is 1.58. The zero-order valence-corrected chi connectivity index (χ0v) is 14.4. The number of hydrogen-bond donors (Lipinski definition) is 2. The van der Waals surface area contributed by atoms with Gasteiger partial charge < -0.3 is 20.5 Å². The van der Waals surface area contributed by atoms with Crippen LogP contribution in [0.3, 0.4) is 0 Å². The number of methoxy groups -OCH3 is 1. The fraction of sp³-hybridized carbons (Fsp3) is 0.353. The Bertz CT molecular complexity index is 827. The molecular weight excluding hydrogens is 322 g/mol. The van der Waals surface area contributed by atoms with Gasteiger partial charge in [0.2, 0.25) is 11.9 Å². The standard InChI is InChI=1S/C17H21N5O3/c1-4-7-25-12-6-5-11(8-13(12)24-3)15-14(16(18)23)10(2)21-17-19-9-20-22(15)17/h5-6,8-9,15H,4,7H2,1-3H3,(H2,18,23)(H,19,20,21). The first-order valence-electron chi connectivity index (χ1n) is 8.04. The number of hydrogen-bond acceptors (Lipinski definition) is 6. The average molecular weight is 343 g/mol. The van der Waals surface area contributed by atoms with Crippen LogP contribution in [0.25, 0.3) is 0 Å². The predicted octanol–water partition coefficient (Wildman–Crippen LogP) is 1.85. The normalized spacial score (nSPS) is 16.2. The molecule has 1 aliphatic heterocycles. The molecule has 0 bridgehead atoms. The third-order valence-corrected chi connectivity index (χ3v) is 4.02. The van der Waals surface area contributed by atoms with Crippen LogP contribution in [-0.4, -0.2) is 34.4 Å². The molecule has 1 aromatic carbocycles. The number of amides is 1. The lowest BCUT2D eigenvalue weighted by atomic mass is 9.95. The molecule has 0 saturated carbocycles. The van der Waals surface area contributed by atoms with Crippen molar-refractivity contribution >= 4 is 11.9 Å². The summed E-state index contributed by atoms with van der Waals surface area (Å²) in [4.78, 5) is 16.2. The third kappa shape index (κ3) is 3.02. The maximum absolute atomic E-state index is 12.0. The molecule has 132 valence electrons.